The average Bonchev–Trinajstić information content (AvgIpc) is 2.61. The standard InChI is InChI=1S/C16H9Cl4N5O/c1-22-14(8-4-2-6-10(17)12(8)19)24-25-16(21)23-15(26)9-5-3-7-11(18)13(9)20/h2-7H,(H3,21,23,25,26)/b24-14-. The third-order valence-electron chi connectivity index (χ3n) is 2.99. The Hall–Kier alpha value is -2.30. The SMILES string of the molecule is [C-]#[N+]/C(=N\N=C(/N)NC(=O)c1cccc(Cl)c1Cl)c1cccc(Cl)c1Cl. The van der Waals surface area contributed by atoms with Crippen molar-refractivity contribution in [3.8, 4) is 0 Å². The van der Waals surface area contributed by atoms with Crippen LogP contribution in [-0.2, 0) is 0 Å². The maximum absolute atomic E-state index is 12.1. The molecule has 0 spiro atoms. The van der Waals surface area contributed by atoms with Gasteiger partial charge in [-0.2, -0.15) is 0 Å². The molecule has 0 heterocycles. The Labute approximate surface area is 169 Å². The van der Waals surface area contributed by atoms with Crippen molar-refractivity contribution in [1.82, 2.24) is 5.32 Å². The minimum absolute atomic E-state index is 0.0792. The summed E-state index contributed by atoms with van der Waals surface area (Å²) in [7, 11) is 0. The van der Waals surface area contributed by atoms with Crippen LogP contribution in [0.15, 0.2) is 46.6 Å². The van der Waals surface area contributed by atoms with Crippen LogP contribution in [0.1, 0.15) is 15.9 Å². The van der Waals surface area contributed by atoms with Gasteiger partial charge in [-0.25, -0.2) is 0 Å². The molecule has 2 aromatic rings. The van der Waals surface area contributed by atoms with Crippen LogP contribution in [-0.4, -0.2) is 17.7 Å². The largest absolute Gasteiger partial charge is 0.366 e. The number of hydrogen-bond acceptors (Lipinski definition) is 3. The van der Waals surface area contributed by atoms with E-state index in [9.17, 15) is 4.79 Å². The first-order chi connectivity index (χ1) is 12.3. The molecule has 0 aliphatic rings. The van der Waals surface area contributed by atoms with E-state index in [0.29, 0.717) is 0 Å². The van der Waals surface area contributed by atoms with Gasteiger partial charge in [0.15, 0.2) is 0 Å². The first kappa shape index (κ1) is 20.0. The third-order valence-corrected chi connectivity index (χ3v) is 4.63. The predicted octanol–water partition coefficient (Wildman–Crippen LogP) is 4.63. The fourth-order valence-corrected chi connectivity index (χ4v) is 2.57. The van der Waals surface area contributed by atoms with E-state index in [0.717, 1.165) is 0 Å². The number of halogens is 4. The molecule has 0 saturated heterocycles. The molecule has 0 bridgehead atoms. The molecular formula is C16H9Cl4N5O. The van der Waals surface area contributed by atoms with E-state index < -0.39 is 5.91 Å². The van der Waals surface area contributed by atoms with Crippen LogP contribution < -0.4 is 11.1 Å². The fraction of sp³-hybridized carbons (Fsp3) is 0. The number of amides is 1. The second-order valence-corrected chi connectivity index (χ2v) is 6.25. The van der Waals surface area contributed by atoms with Crippen molar-refractivity contribution >= 4 is 64.1 Å². The van der Waals surface area contributed by atoms with Crippen LogP contribution in [0.5, 0.6) is 0 Å². The molecule has 6 nitrogen and oxygen atoms in total. The number of hydrogen-bond donors (Lipinski definition) is 2. The van der Waals surface area contributed by atoms with E-state index in [-0.39, 0.29) is 43.0 Å². The van der Waals surface area contributed by atoms with E-state index in [4.69, 9.17) is 58.7 Å². The molecule has 0 unspecified atom stereocenters. The van der Waals surface area contributed by atoms with E-state index in [2.05, 4.69) is 20.4 Å². The maximum atomic E-state index is 12.1. The number of nitrogens with zero attached hydrogens (tertiary/aromatic N) is 3. The molecule has 0 saturated carbocycles. The highest BCUT2D eigenvalue weighted by atomic mass is 35.5. The zero-order valence-corrected chi connectivity index (χ0v) is 15.8. The summed E-state index contributed by atoms with van der Waals surface area (Å²) in [4.78, 5) is 15.4. The Morgan fingerprint density at radius 3 is 2.08 bits per heavy atom. The number of rotatable bonds is 3. The monoisotopic (exact) mass is 427 g/mol. The van der Waals surface area contributed by atoms with Crippen molar-refractivity contribution in [3.63, 3.8) is 0 Å². The molecule has 0 fully saturated rings. The summed E-state index contributed by atoms with van der Waals surface area (Å²) in [6.07, 6.45) is 0. The van der Waals surface area contributed by atoms with E-state index in [1.54, 1.807) is 30.3 Å². The third kappa shape index (κ3) is 4.65. The molecule has 2 aromatic carbocycles. The van der Waals surface area contributed by atoms with Gasteiger partial charge >= 0.3 is 5.84 Å². The van der Waals surface area contributed by atoms with Gasteiger partial charge in [0.05, 0.1) is 25.7 Å². The summed E-state index contributed by atoms with van der Waals surface area (Å²) >= 11 is 23.8. The second-order valence-electron chi connectivity index (χ2n) is 4.68. The summed E-state index contributed by atoms with van der Waals surface area (Å²) in [5.41, 5.74) is 6.02. The molecule has 2 rings (SSSR count). The van der Waals surface area contributed by atoms with Gasteiger partial charge in [-0.05, 0) is 23.3 Å². The number of nitrogens with two attached hydrogens (primary N) is 1. The molecular weight excluding hydrogens is 420 g/mol. The molecule has 0 aliphatic carbocycles. The van der Waals surface area contributed by atoms with Crippen LogP contribution >= 0.6 is 46.4 Å². The average molecular weight is 429 g/mol. The number of amidine groups is 1. The highest BCUT2D eigenvalue weighted by molar-refractivity contribution is 6.44. The van der Waals surface area contributed by atoms with Crippen molar-refractivity contribution in [3.05, 3.63) is 79.0 Å². The number of guanidine groups is 1. The number of carbonyl (C=O) groups is 1. The van der Waals surface area contributed by atoms with Crippen molar-refractivity contribution < 1.29 is 4.79 Å². The molecule has 0 atom stereocenters. The molecule has 0 aliphatic heterocycles. The smallest absolute Gasteiger partial charge is 0.305 e. The van der Waals surface area contributed by atoms with Gasteiger partial charge in [0.2, 0.25) is 5.96 Å². The van der Waals surface area contributed by atoms with Gasteiger partial charge in [0.1, 0.15) is 0 Å². The number of nitrogens with one attached hydrogen (secondary N) is 1. The quantitative estimate of drug-likeness (QED) is 0.323. The molecule has 0 radical (unpaired) electrons. The van der Waals surface area contributed by atoms with Gasteiger partial charge in [0.25, 0.3) is 5.91 Å². The molecule has 3 N–H and O–H groups in total. The van der Waals surface area contributed by atoms with Crippen molar-refractivity contribution in [1.29, 1.82) is 0 Å². The van der Waals surface area contributed by atoms with Gasteiger partial charge in [-0.1, -0.05) is 71.2 Å². The van der Waals surface area contributed by atoms with Crippen molar-refractivity contribution in [2.24, 2.45) is 15.9 Å². The van der Waals surface area contributed by atoms with Crippen LogP contribution in [0.4, 0.5) is 0 Å². The molecule has 10 heteroatoms. The maximum Gasteiger partial charge on any atom is 0.305 e. The van der Waals surface area contributed by atoms with Crippen LogP contribution in [0.3, 0.4) is 0 Å². The van der Waals surface area contributed by atoms with Crippen molar-refractivity contribution in [2.45, 2.75) is 0 Å². The Bertz CT molecular complexity index is 966. The van der Waals surface area contributed by atoms with E-state index in [1.165, 1.54) is 6.07 Å². The van der Waals surface area contributed by atoms with Gasteiger partial charge < -0.3 is 10.6 Å². The summed E-state index contributed by atoms with van der Waals surface area (Å²) < 4.78 is 0. The zero-order valence-electron chi connectivity index (χ0n) is 12.8. The Kier molecular flexibility index (Phi) is 6.83. The lowest BCUT2D eigenvalue weighted by molar-refractivity contribution is 0.0976. The van der Waals surface area contributed by atoms with Crippen LogP contribution in [0.2, 0.25) is 20.1 Å². The molecule has 132 valence electrons. The Balaban J connectivity index is 2.24. The molecule has 26 heavy (non-hydrogen) atoms. The van der Waals surface area contributed by atoms with E-state index >= 15 is 0 Å². The first-order valence-corrected chi connectivity index (χ1v) is 8.34. The van der Waals surface area contributed by atoms with Gasteiger partial charge in [-0.3, -0.25) is 10.1 Å². The van der Waals surface area contributed by atoms with E-state index in [1.807, 2.05) is 0 Å². The number of carbonyl (C=O) groups excluding carboxylic acids is 1. The highest BCUT2D eigenvalue weighted by Crippen LogP contribution is 2.27. The summed E-state index contributed by atoms with van der Waals surface area (Å²) in [5.74, 6) is -1.11. The number of benzene rings is 2. The molecule has 1 amide bonds. The fourth-order valence-electron chi connectivity index (χ4n) is 1.80. The minimum atomic E-state index is -0.626. The Morgan fingerprint density at radius 1 is 0.962 bits per heavy atom. The summed E-state index contributed by atoms with van der Waals surface area (Å²) in [6, 6.07) is 9.31. The minimum Gasteiger partial charge on any atom is -0.366 e. The lowest BCUT2D eigenvalue weighted by atomic mass is 10.2. The Morgan fingerprint density at radius 2 is 1.50 bits per heavy atom. The summed E-state index contributed by atoms with van der Waals surface area (Å²) in [6.45, 7) is 7.20. The summed E-state index contributed by atoms with van der Waals surface area (Å²) in [5, 5.41) is 10.4. The second kappa shape index (κ2) is 8.88. The lowest BCUT2D eigenvalue weighted by Crippen LogP contribution is -2.36. The van der Waals surface area contributed by atoms with Gasteiger partial charge in [0, 0.05) is 10.7 Å². The van der Waals surface area contributed by atoms with Gasteiger partial charge in [-0.15, -0.1) is 0 Å². The molecule has 0 aromatic heterocycles. The van der Waals surface area contributed by atoms with Crippen molar-refractivity contribution in [2.75, 3.05) is 0 Å². The topological polar surface area (TPSA) is 84.2 Å². The van der Waals surface area contributed by atoms with Crippen LogP contribution in [0, 0.1) is 6.57 Å². The van der Waals surface area contributed by atoms with Crippen LogP contribution in [0.25, 0.3) is 4.85 Å². The zero-order chi connectivity index (χ0) is 19.3. The normalized spacial score (nSPS) is 11.8. The highest BCUT2D eigenvalue weighted by Gasteiger charge is 2.15. The lowest BCUT2D eigenvalue weighted by Gasteiger charge is -2.05. The first-order valence-electron chi connectivity index (χ1n) is 6.83. The predicted molar refractivity (Wildman–Crippen MR) is 105 cm³/mol.